The van der Waals surface area contributed by atoms with Crippen molar-refractivity contribution < 1.29 is 19.1 Å². The monoisotopic (exact) mass is 304 g/mol. The third kappa shape index (κ3) is 3.23. The van der Waals surface area contributed by atoms with Crippen molar-refractivity contribution in [3.8, 4) is 11.1 Å². The molecule has 4 nitrogen and oxygen atoms in total. The molecule has 21 heavy (non-hydrogen) atoms. The first-order chi connectivity index (χ1) is 10.1. The minimum Gasteiger partial charge on any atom is -0.465 e. The van der Waals surface area contributed by atoms with E-state index in [0.29, 0.717) is 16.1 Å². The average molecular weight is 305 g/mol. The van der Waals surface area contributed by atoms with Gasteiger partial charge in [-0.3, -0.25) is 0 Å². The Morgan fingerprint density at radius 1 is 0.905 bits per heavy atom. The second-order valence-electron chi connectivity index (χ2n) is 4.25. The smallest absolute Gasteiger partial charge is 0.338 e. The van der Waals surface area contributed by atoms with Crippen LogP contribution in [0.3, 0.4) is 0 Å². The van der Waals surface area contributed by atoms with Gasteiger partial charge >= 0.3 is 11.9 Å². The second-order valence-corrected chi connectivity index (χ2v) is 4.69. The van der Waals surface area contributed by atoms with E-state index in [-0.39, 0.29) is 5.56 Å². The third-order valence-corrected chi connectivity index (χ3v) is 3.25. The number of rotatable bonds is 3. The van der Waals surface area contributed by atoms with Gasteiger partial charge in [0, 0.05) is 5.02 Å². The second kappa shape index (κ2) is 6.41. The average Bonchev–Trinajstić information content (AvgIpc) is 2.53. The van der Waals surface area contributed by atoms with Gasteiger partial charge in [-0.1, -0.05) is 29.8 Å². The molecule has 2 aromatic rings. The van der Waals surface area contributed by atoms with Gasteiger partial charge in [-0.2, -0.15) is 0 Å². The molecule has 2 rings (SSSR count). The summed E-state index contributed by atoms with van der Waals surface area (Å²) in [5.41, 5.74) is 2.04. The standard InChI is InChI=1S/C16H13ClO4/c1-20-15(18)11-5-8-13(14(9-11)16(19)21-2)10-3-6-12(17)7-4-10/h3-9H,1-2H3. The number of halogens is 1. The SMILES string of the molecule is COC(=O)c1ccc(-c2ccc(Cl)cc2)c(C(=O)OC)c1. The van der Waals surface area contributed by atoms with Crippen LogP contribution in [0.4, 0.5) is 0 Å². The van der Waals surface area contributed by atoms with E-state index in [0.717, 1.165) is 5.56 Å². The van der Waals surface area contributed by atoms with E-state index in [4.69, 9.17) is 16.3 Å². The van der Waals surface area contributed by atoms with Crippen LogP contribution in [-0.4, -0.2) is 26.2 Å². The molecule has 0 saturated heterocycles. The van der Waals surface area contributed by atoms with Crippen molar-refractivity contribution in [1.29, 1.82) is 0 Å². The highest BCUT2D eigenvalue weighted by Crippen LogP contribution is 2.27. The third-order valence-electron chi connectivity index (χ3n) is 3.00. The lowest BCUT2D eigenvalue weighted by atomic mass is 9.97. The maximum Gasteiger partial charge on any atom is 0.338 e. The zero-order valence-corrected chi connectivity index (χ0v) is 12.3. The van der Waals surface area contributed by atoms with Crippen molar-refractivity contribution in [2.45, 2.75) is 0 Å². The first-order valence-electron chi connectivity index (χ1n) is 6.13. The Hall–Kier alpha value is -2.33. The number of benzene rings is 2. The van der Waals surface area contributed by atoms with Crippen molar-refractivity contribution in [2.75, 3.05) is 14.2 Å². The van der Waals surface area contributed by atoms with Gasteiger partial charge in [-0.05, 0) is 35.4 Å². The number of hydrogen-bond donors (Lipinski definition) is 0. The quantitative estimate of drug-likeness (QED) is 0.813. The fraction of sp³-hybridized carbons (Fsp3) is 0.125. The fourth-order valence-electron chi connectivity index (χ4n) is 1.95. The number of methoxy groups -OCH3 is 2. The molecule has 0 spiro atoms. The summed E-state index contributed by atoms with van der Waals surface area (Å²) >= 11 is 5.86. The van der Waals surface area contributed by atoms with Gasteiger partial charge in [0.1, 0.15) is 0 Å². The lowest BCUT2D eigenvalue weighted by Crippen LogP contribution is -2.08. The Kier molecular flexibility index (Phi) is 4.60. The molecule has 0 radical (unpaired) electrons. The topological polar surface area (TPSA) is 52.6 Å². The number of carbonyl (C=O) groups excluding carboxylic acids is 2. The van der Waals surface area contributed by atoms with E-state index in [1.165, 1.54) is 20.3 Å². The summed E-state index contributed by atoms with van der Waals surface area (Å²) in [6.07, 6.45) is 0. The van der Waals surface area contributed by atoms with Crippen LogP contribution < -0.4 is 0 Å². The van der Waals surface area contributed by atoms with Crippen LogP contribution in [0.2, 0.25) is 5.02 Å². The molecule has 108 valence electrons. The van der Waals surface area contributed by atoms with E-state index in [1.807, 2.05) is 0 Å². The van der Waals surface area contributed by atoms with Gasteiger partial charge < -0.3 is 9.47 Å². The van der Waals surface area contributed by atoms with E-state index in [2.05, 4.69) is 4.74 Å². The maximum absolute atomic E-state index is 11.9. The molecule has 0 heterocycles. The van der Waals surface area contributed by atoms with Crippen LogP contribution in [0.5, 0.6) is 0 Å². The van der Waals surface area contributed by atoms with Crippen LogP contribution in [-0.2, 0) is 9.47 Å². The van der Waals surface area contributed by atoms with E-state index in [9.17, 15) is 9.59 Å². The van der Waals surface area contributed by atoms with Crippen molar-refractivity contribution in [3.05, 3.63) is 58.6 Å². The summed E-state index contributed by atoms with van der Waals surface area (Å²) in [5, 5.41) is 0.601. The number of ether oxygens (including phenoxy) is 2. The zero-order chi connectivity index (χ0) is 15.4. The largest absolute Gasteiger partial charge is 0.465 e. The van der Waals surface area contributed by atoms with Gasteiger partial charge in [0.25, 0.3) is 0 Å². The summed E-state index contributed by atoms with van der Waals surface area (Å²) < 4.78 is 9.43. The highest BCUT2D eigenvalue weighted by Gasteiger charge is 2.17. The molecule has 0 aliphatic carbocycles. The first-order valence-corrected chi connectivity index (χ1v) is 6.51. The van der Waals surface area contributed by atoms with Gasteiger partial charge in [-0.25, -0.2) is 9.59 Å². The summed E-state index contributed by atoms with van der Waals surface area (Å²) in [5.74, 6) is -1.03. The highest BCUT2D eigenvalue weighted by molar-refractivity contribution is 6.30. The summed E-state index contributed by atoms with van der Waals surface area (Å²) in [6.45, 7) is 0. The predicted molar refractivity (Wildman–Crippen MR) is 79.6 cm³/mol. The minimum absolute atomic E-state index is 0.288. The normalized spacial score (nSPS) is 10.0. The molecule has 0 aromatic heterocycles. The Labute approximate surface area is 127 Å². The fourth-order valence-corrected chi connectivity index (χ4v) is 2.08. The Morgan fingerprint density at radius 2 is 1.52 bits per heavy atom. The van der Waals surface area contributed by atoms with Crippen LogP contribution in [0, 0.1) is 0 Å². The van der Waals surface area contributed by atoms with Gasteiger partial charge in [0.2, 0.25) is 0 Å². The molecule has 0 amide bonds. The summed E-state index contributed by atoms with van der Waals surface area (Å²) in [7, 11) is 2.58. The molecule has 0 bridgehead atoms. The van der Waals surface area contributed by atoms with Crippen LogP contribution in [0.1, 0.15) is 20.7 Å². The van der Waals surface area contributed by atoms with E-state index < -0.39 is 11.9 Å². The Bertz CT molecular complexity index is 677. The molecule has 0 aliphatic rings. The molecule has 5 heteroatoms. The van der Waals surface area contributed by atoms with Crippen LogP contribution in [0.15, 0.2) is 42.5 Å². The molecule has 0 fully saturated rings. The number of hydrogen-bond acceptors (Lipinski definition) is 4. The Morgan fingerprint density at radius 3 is 2.10 bits per heavy atom. The van der Waals surface area contributed by atoms with Crippen molar-refractivity contribution in [3.63, 3.8) is 0 Å². The van der Waals surface area contributed by atoms with Crippen LogP contribution in [0.25, 0.3) is 11.1 Å². The lowest BCUT2D eigenvalue weighted by molar-refractivity contribution is 0.0600. The van der Waals surface area contributed by atoms with E-state index >= 15 is 0 Å². The molecule has 2 aromatic carbocycles. The summed E-state index contributed by atoms with van der Waals surface area (Å²) in [6, 6.07) is 11.8. The van der Waals surface area contributed by atoms with E-state index in [1.54, 1.807) is 36.4 Å². The zero-order valence-electron chi connectivity index (χ0n) is 11.6. The van der Waals surface area contributed by atoms with Gasteiger partial charge in [0.15, 0.2) is 0 Å². The van der Waals surface area contributed by atoms with Crippen molar-refractivity contribution in [2.24, 2.45) is 0 Å². The van der Waals surface area contributed by atoms with Crippen molar-refractivity contribution in [1.82, 2.24) is 0 Å². The number of carbonyl (C=O) groups is 2. The van der Waals surface area contributed by atoms with Gasteiger partial charge in [-0.15, -0.1) is 0 Å². The first kappa shape index (κ1) is 15.1. The molecule has 0 atom stereocenters. The van der Waals surface area contributed by atoms with Gasteiger partial charge in [0.05, 0.1) is 25.3 Å². The summed E-state index contributed by atoms with van der Waals surface area (Å²) in [4.78, 5) is 23.5. The predicted octanol–water partition coefficient (Wildman–Crippen LogP) is 3.58. The molecule has 0 saturated carbocycles. The van der Waals surface area contributed by atoms with Crippen molar-refractivity contribution >= 4 is 23.5 Å². The maximum atomic E-state index is 11.9. The minimum atomic E-state index is -0.522. The molecule has 0 N–H and O–H groups in total. The Balaban J connectivity index is 2.57. The molecule has 0 unspecified atom stereocenters. The van der Waals surface area contributed by atoms with Crippen LogP contribution >= 0.6 is 11.6 Å². The highest BCUT2D eigenvalue weighted by atomic mass is 35.5. The lowest BCUT2D eigenvalue weighted by Gasteiger charge is -2.10. The molecule has 0 aliphatic heterocycles. The number of esters is 2. The molecular formula is C16H13ClO4. The molecular weight excluding hydrogens is 292 g/mol.